The minimum atomic E-state index is 0.139. The summed E-state index contributed by atoms with van der Waals surface area (Å²) in [5, 5.41) is 7.21. The summed E-state index contributed by atoms with van der Waals surface area (Å²) in [6.45, 7) is 9.49. The number of Topliss-reactive ketones (excluding diaryl/α,β-unsaturated/α-hetero) is 1. The maximum Gasteiger partial charge on any atom is 0.183 e. The molecule has 0 aromatic carbocycles. The van der Waals surface area contributed by atoms with Crippen LogP contribution in [0.25, 0.3) is 0 Å². The van der Waals surface area contributed by atoms with E-state index in [-0.39, 0.29) is 5.78 Å². The predicted molar refractivity (Wildman–Crippen MR) is 84.8 cm³/mol. The van der Waals surface area contributed by atoms with E-state index < -0.39 is 0 Å². The SMILES string of the molecule is Cc1cc(C(=O)CSc2ncn[nH]2)c(C)n1CCC(C)C. The molecule has 6 heteroatoms. The van der Waals surface area contributed by atoms with Crippen LogP contribution in [-0.2, 0) is 6.54 Å². The monoisotopic (exact) mass is 306 g/mol. The topological polar surface area (TPSA) is 63.6 Å². The van der Waals surface area contributed by atoms with Gasteiger partial charge in [-0.3, -0.25) is 9.89 Å². The van der Waals surface area contributed by atoms with Crippen molar-refractivity contribution in [3.8, 4) is 0 Å². The van der Waals surface area contributed by atoms with Gasteiger partial charge in [0, 0.05) is 23.5 Å². The van der Waals surface area contributed by atoms with E-state index in [1.807, 2.05) is 13.0 Å². The minimum Gasteiger partial charge on any atom is -0.348 e. The van der Waals surface area contributed by atoms with Crippen LogP contribution in [0.4, 0.5) is 0 Å². The second kappa shape index (κ2) is 6.93. The van der Waals surface area contributed by atoms with Gasteiger partial charge in [0.1, 0.15) is 6.33 Å². The molecule has 2 heterocycles. The first kappa shape index (κ1) is 15.8. The zero-order valence-corrected chi connectivity index (χ0v) is 13.8. The Morgan fingerprint density at radius 1 is 1.43 bits per heavy atom. The van der Waals surface area contributed by atoms with Crippen LogP contribution in [0.2, 0.25) is 0 Å². The van der Waals surface area contributed by atoms with Gasteiger partial charge in [-0.2, -0.15) is 5.10 Å². The Hall–Kier alpha value is -1.56. The lowest BCUT2D eigenvalue weighted by Gasteiger charge is -2.11. The molecule has 0 saturated heterocycles. The molecular weight excluding hydrogens is 284 g/mol. The molecule has 0 bridgehead atoms. The van der Waals surface area contributed by atoms with Gasteiger partial charge in [-0.1, -0.05) is 25.6 Å². The number of carbonyl (C=O) groups excluding carboxylic acids is 1. The quantitative estimate of drug-likeness (QED) is 0.630. The van der Waals surface area contributed by atoms with E-state index in [0.29, 0.717) is 16.8 Å². The average Bonchev–Trinajstić information content (AvgIpc) is 3.03. The van der Waals surface area contributed by atoms with Crippen LogP contribution in [-0.4, -0.2) is 31.3 Å². The summed E-state index contributed by atoms with van der Waals surface area (Å²) < 4.78 is 2.24. The highest BCUT2D eigenvalue weighted by Gasteiger charge is 2.16. The molecule has 114 valence electrons. The van der Waals surface area contributed by atoms with Crippen LogP contribution < -0.4 is 0 Å². The van der Waals surface area contributed by atoms with E-state index in [1.54, 1.807) is 0 Å². The molecule has 0 aliphatic carbocycles. The van der Waals surface area contributed by atoms with Crippen LogP contribution >= 0.6 is 11.8 Å². The number of aryl methyl sites for hydroxylation is 1. The lowest BCUT2D eigenvalue weighted by atomic mass is 10.1. The van der Waals surface area contributed by atoms with Crippen molar-refractivity contribution in [3.63, 3.8) is 0 Å². The van der Waals surface area contributed by atoms with Crippen molar-refractivity contribution >= 4 is 17.5 Å². The number of ketones is 1. The van der Waals surface area contributed by atoms with Crippen LogP contribution in [0.3, 0.4) is 0 Å². The Kier molecular flexibility index (Phi) is 5.22. The Morgan fingerprint density at radius 2 is 2.19 bits per heavy atom. The highest BCUT2D eigenvalue weighted by Crippen LogP contribution is 2.20. The fourth-order valence-electron chi connectivity index (χ4n) is 2.29. The molecule has 0 saturated carbocycles. The normalized spacial score (nSPS) is 11.3. The summed E-state index contributed by atoms with van der Waals surface area (Å²) in [5.41, 5.74) is 3.04. The first-order chi connectivity index (χ1) is 9.99. The van der Waals surface area contributed by atoms with Crippen molar-refractivity contribution in [2.24, 2.45) is 5.92 Å². The highest BCUT2D eigenvalue weighted by atomic mass is 32.2. The van der Waals surface area contributed by atoms with Crippen LogP contribution in [0.15, 0.2) is 17.6 Å². The Balaban J connectivity index is 2.05. The number of thioether (sulfide) groups is 1. The second-order valence-corrected chi connectivity index (χ2v) is 6.59. The standard InChI is InChI=1S/C15H22N4OS/c1-10(2)5-6-19-11(3)7-13(12(19)4)14(20)8-21-15-16-9-17-18-15/h7,9-10H,5-6,8H2,1-4H3,(H,16,17,18). The summed E-state index contributed by atoms with van der Waals surface area (Å²) in [7, 11) is 0. The number of aromatic nitrogens is 4. The van der Waals surface area contributed by atoms with Crippen molar-refractivity contribution < 1.29 is 4.79 Å². The molecule has 5 nitrogen and oxygen atoms in total. The number of H-pyrrole nitrogens is 1. The van der Waals surface area contributed by atoms with E-state index in [1.165, 1.54) is 18.1 Å². The predicted octanol–water partition coefficient (Wildman–Crippen LogP) is 3.24. The van der Waals surface area contributed by atoms with Crippen molar-refractivity contribution in [2.75, 3.05) is 5.75 Å². The molecule has 1 N–H and O–H groups in total. The van der Waals surface area contributed by atoms with E-state index in [9.17, 15) is 4.79 Å². The van der Waals surface area contributed by atoms with Crippen molar-refractivity contribution in [1.29, 1.82) is 0 Å². The first-order valence-electron chi connectivity index (χ1n) is 7.17. The van der Waals surface area contributed by atoms with Gasteiger partial charge in [-0.05, 0) is 32.3 Å². The van der Waals surface area contributed by atoms with Crippen LogP contribution in [0.5, 0.6) is 0 Å². The summed E-state index contributed by atoms with van der Waals surface area (Å²) in [5.74, 6) is 1.18. The maximum absolute atomic E-state index is 12.4. The number of nitrogens with zero attached hydrogens (tertiary/aromatic N) is 3. The van der Waals surface area contributed by atoms with Crippen molar-refractivity contribution in [1.82, 2.24) is 19.7 Å². The number of aromatic amines is 1. The fraction of sp³-hybridized carbons (Fsp3) is 0.533. The summed E-state index contributed by atoms with van der Waals surface area (Å²) in [6, 6.07) is 2.00. The Morgan fingerprint density at radius 3 is 2.81 bits per heavy atom. The molecular formula is C15H22N4OS. The lowest BCUT2D eigenvalue weighted by molar-refractivity contribution is 0.102. The van der Waals surface area contributed by atoms with E-state index in [0.717, 1.165) is 29.9 Å². The number of hydrogen-bond acceptors (Lipinski definition) is 4. The zero-order chi connectivity index (χ0) is 15.4. The number of nitrogens with one attached hydrogen (secondary N) is 1. The van der Waals surface area contributed by atoms with Crippen molar-refractivity contribution in [3.05, 3.63) is 29.3 Å². The summed E-state index contributed by atoms with van der Waals surface area (Å²) in [6.07, 6.45) is 2.57. The minimum absolute atomic E-state index is 0.139. The summed E-state index contributed by atoms with van der Waals surface area (Å²) in [4.78, 5) is 16.4. The van der Waals surface area contributed by atoms with Crippen LogP contribution in [0.1, 0.15) is 42.0 Å². The molecule has 0 fully saturated rings. The molecule has 21 heavy (non-hydrogen) atoms. The van der Waals surface area contributed by atoms with Crippen LogP contribution in [0, 0.1) is 19.8 Å². The molecule has 0 spiro atoms. The Bertz CT molecular complexity index is 601. The zero-order valence-electron chi connectivity index (χ0n) is 13.0. The number of rotatable bonds is 7. The van der Waals surface area contributed by atoms with E-state index in [4.69, 9.17) is 0 Å². The molecule has 0 unspecified atom stereocenters. The molecule has 2 rings (SSSR count). The van der Waals surface area contributed by atoms with Gasteiger partial charge in [0.05, 0.1) is 5.75 Å². The maximum atomic E-state index is 12.4. The Labute approximate surface area is 129 Å². The average molecular weight is 306 g/mol. The second-order valence-electron chi connectivity index (χ2n) is 5.62. The number of carbonyl (C=O) groups is 1. The van der Waals surface area contributed by atoms with E-state index in [2.05, 4.69) is 40.5 Å². The molecule has 0 aliphatic rings. The van der Waals surface area contributed by atoms with Gasteiger partial charge in [-0.15, -0.1) is 0 Å². The first-order valence-corrected chi connectivity index (χ1v) is 8.15. The van der Waals surface area contributed by atoms with Gasteiger partial charge < -0.3 is 4.57 Å². The molecule has 0 amide bonds. The van der Waals surface area contributed by atoms with Gasteiger partial charge in [0.15, 0.2) is 10.9 Å². The third-order valence-corrected chi connectivity index (χ3v) is 4.41. The molecule has 0 radical (unpaired) electrons. The smallest absolute Gasteiger partial charge is 0.183 e. The molecule has 2 aromatic heterocycles. The summed E-state index contributed by atoms with van der Waals surface area (Å²) >= 11 is 1.38. The third kappa shape index (κ3) is 3.97. The largest absolute Gasteiger partial charge is 0.348 e. The van der Waals surface area contributed by atoms with Gasteiger partial charge in [0.25, 0.3) is 0 Å². The van der Waals surface area contributed by atoms with Crippen molar-refractivity contribution in [2.45, 2.75) is 45.8 Å². The van der Waals surface area contributed by atoms with Gasteiger partial charge in [-0.25, -0.2) is 4.98 Å². The molecule has 0 atom stereocenters. The molecule has 2 aromatic rings. The molecule has 0 aliphatic heterocycles. The van der Waals surface area contributed by atoms with Gasteiger partial charge in [0.2, 0.25) is 0 Å². The van der Waals surface area contributed by atoms with E-state index >= 15 is 0 Å². The number of hydrogen-bond donors (Lipinski definition) is 1. The van der Waals surface area contributed by atoms with Gasteiger partial charge >= 0.3 is 0 Å². The highest BCUT2D eigenvalue weighted by molar-refractivity contribution is 7.99. The third-order valence-electron chi connectivity index (χ3n) is 3.54. The lowest BCUT2D eigenvalue weighted by Crippen LogP contribution is -2.08. The fourth-order valence-corrected chi connectivity index (χ4v) is 2.95.